The maximum absolute atomic E-state index is 12.4. The van der Waals surface area contributed by atoms with Gasteiger partial charge in [-0.25, -0.2) is 9.59 Å². The number of amides is 1. The van der Waals surface area contributed by atoms with Crippen LogP contribution in [0.1, 0.15) is 33.6 Å². The molecule has 2 rings (SSSR count). The number of esters is 1. The van der Waals surface area contributed by atoms with Gasteiger partial charge in [-0.3, -0.25) is 4.79 Å². The van der Waals surface area contributed by atoms with Gasteiger partial charge in [-0.1, -0.05) is 13.3 Å². The minimum atomic E-state index is -1.51. The number of aliphatic hydroxyl groups is 1. The molecule has 0 radical (unpaired) electrons. The molecular weight excluding hydrogens is 390 g/mol. The van der Waals surface area contributed by atoms with Gasteiger partial charge in [-0.15, -0.1) is 11.8 Å². The van der Waals surface area contributed by atoms with Crippen LogP contribution in [0.4, 0.5) is 0 Å². The van der Waals surface area contributed by atoms with Crippen LogP contribution in [0.15, 0.2) is 0 Å². The highest BCUT2D eigenvalue weighted by Gasteiger charge is 2.66. The maximum Gasteiger partial charge on any atom is 0.341 e. The molecule has 2 saturated heterocycles. The molecule has 2 aliphatic heterocycles. The zero-order valence-electron chi connectivity index (χ0n) is 13.2. The van der Waals surface area contributed by atoms with Crippen molar-refractivity contribution in [2.75, 3.05) is 6.61 Å². The quantitative estimate of drug-likeness (QED) is 0.400. The van der Waals surface area contributed by atoms with Crippen LogP contribution >= 0.6 is 28.0 Å². The molecule has 23 heavy (non-hydrogen) atoms. The predicted molar refractivity (Wildman–Crippen MR) is 86.5 cm³/mol. The van der Waals surface area contributed by atoms with Gasteiger partial charge in [0.2, 0.25) is 5.91 Å². The predicted octanol–water partition coefficient (Wildman–Crippen LogP) is 1.22. The van der Waals surface area contributed by atoms with Crippen molar-refractivity contribution in [1.29, 1.82) is 0 Å². The molecule has 2 heterocycles. The van der Waals surface area contributed by atoms with E-state index in [2.05, 4.69) is 20.1 Å². The van der Waals surface area contributed by atoms with Gasteiger partial charge in [0.25, 0.3) is 0 Å². The first kappa shape index (κ1) is 18.5. The molecule has 4 atom stereocenters. The fourth-order valence-corrected chi connectivity index (χ4v) is 4.79. The van der Waals surface area contributed by atoms with Crippen LogP contribution in [0, 0.1) is 5.92 Å². The number of carbonyl (C=O) groups is 3. The second kappa shape index (κ2) is 6.98. The summed E-state index contributed by atoms with van der Waals surface area (Å²) in [6.45, 7) is 5.82. The first-order valence-electron chi connectivity index (χ1n) is 7.43. The highest BCUT2D eigenvalue weighted by molar-refractivity contribution is 9.06. The SMILES string of the molecule is CCCCOC(=O)C(O)[C@@H]1C(=O)N2[C@@H]1SC(C)(C)[C@@H]2C(=O)OBr. The van der Waals surface area contributed by atoms with Gasteiger partial charge in [-0.05, 0) is 20.3 Å². The molecule has 2 fully saturated rings. The number of rotatable bonds is 6. The summed E-state index contributed by atoms with van der Waals surface area (Å²) in [6.07, 6.45) is 0.0541. The summed E-state index contributed by atoms with van der Waals surface area (Å²) in [5, 5.41) is 9.70. The minimum absolute atomic E-state index is 0.221. The van der Waals surface area contributed by atoms with Crippen molar-refractivity contribution in [3.8, 4) is 0 Å². The Kier molecular flexibility index (Phi) is 5.63. The summed E-state index contributed by atoms with van der Waals surface area (Å²) < 4.78 is 8.99. The Morgan fingerprint density at radius 1 is 1.48 bits per heavy atom. The van der Waals surface area contributed by atoms with Gasteiger partial charge in [0, 0.05) is 4.75 Å². The number of ether oxygens (including phenoxy) is 1. The molecule has 2 aliphatic rings. The van der Waals surface area contributed by atoms with E-state index < -0.39 is 46.0 Å². The van der Waals surface area contributed by atoms with Gasteiger partial charge in [-0.2, -0.15) is 0 Å². The highest BCUT2D eigenvalue weighted by atomic mass is 79.9. The first-order valence-corrected chi connectivity index (χ1v) is 8.96. The Hall–Kier alpha value is -0.800. The molecule has 7 nitrogen and oxygen atoms in total. The second-order valence-corrected chi connectivity index (χ2v) is 8.24. The van der Waals surface area contributed by atoms with Crippen LogP contribution in [0.25, 0.3) is 0 Å². The molecule has 130 valence electrons. The summed E-state index contributed by atoms with van der Waals surface area (Å²) in [5.74, 6) is -2.68. The first-order chi connectivity index (χ1) is 10.8. The average molecular weight is 410 g/mol. The van der Waals surface area contributed by atoms with Gasteiger partial charge >= 0.3 is 11.9 Å². The normalized spacial score (nSPS) is 29.5. The van der Waals surface area contributed by atoms with Crippen LogP contribution in [0.3, 0.4) is 0 Å². The number of nitrogens with zero attached hydrogens (tertiary/aromatic N) is 1. The number of β-lactam (4-membered cyclic amide) rings is 1. The van der Waals surface area contributed by atoms with Gasteiger partial charge < -0.3 is 18.6 Å². The fraction of sp³-hybridized carbons (Fsp3) is 0.786. The van der Waals surface area contributed by atoms with Crippen molar-refractivity contribution < 1.29 is 28.1 Å². The molecule has 1 unspecified atom stereocenters. The Balaban J connectivity index is 2.07. The summed E-state index contributed by atoms with van der Waals surface area (Å²) in [7, 11) is 0. The molecule has 0 aliphatic carbocycles. The van der Waals surface area contributed by atoms with E-state index >= 15 is 0 Å². The number of hydrogen-bond donors (Lipinski definition) is 1. The van der Waals surface area contributed by atoms with Gasteiger partial charge in [0.15, 0.2) is 22.4 Å². The van der Waals surface area contributed by atoms with E-state index in [9.17, 15) is 19.5 Å². The van der Waals surface area contributed by atoms with Crippen LogP contribution in [-0.4, -0.2) is 56.7 Å². The van der Waals surface area contributed by atoms with E-state index in [-0.39, 0.29) is 6.61 Å². The topological polar surface area (TPSA) is 93.1 Å². The molecule has 0 aromatic rings. The molecule has 0 aromatic carbocycles. The number of carbonyl (C=O) groups excluding carboxylic acids is 3. The zero-order chi connectivity index (χ0) is 17.4. The summed E-state index contributed by atoms with van der Waals surface area (Å²) in [6, 6.07) is -0.760. The minimum Gasteiger partial charge on any atom is -0.464 e. The number of fused-ring (bicyclic) bond motifs is 1. The number of halogens is 1. The van der Waals surface area contributed by atoms with Gasteiger partial charge in [0.1, 0.15) is 12.0 Å². The standard InChI is InChI=1S/C14H20BrNO6S/c1-4-5-6-21-12(19)8(17)7-10(18)16-9(13(20)22-15)14(2,3)23-11(7)16/h7-9,11,17H,4-6H2,1-3H3/t7-,8?,9+,11-/m1/s1. The van der Waals surface area contributed by atoms with Gasteiger partial charge in [0.05, 0.1) is 12.0 Å². The van der Waals surface area contributed by atoms with E-state index in [1.54, 1.807) is 0 Å². The third-order valence-electron chi connectivity index (χ3n) is 4.11. The number of thioether (sulfide) groups is 1. The van der Waals surface area contributed by atoms with E-state index in [0.29, 0.717) is 6.42 Å². The van der Waals surface area contributed by atoms with Crippen LogP contribution in [0.5, 0.6) is 0 Å². The Bertz CT molecular complexity index is 513. The van der Waals surface area contributed by atoms with Crippen molar-refractivity contribution in [3.05, 3.63) is 0 Å². The van der Waals surface area contributed by atoms with Crippen LogP contribution in [-0.2, 0) is 22.9 Å². The number of hydrogen-bond acceptors (Lipinski definition) is 7. The average Bonchev–Trinajstić information content (AvgIpc) is 2.74. The zero-order valence-corrected chi connectivity index (χ0v) is 15.6. The number of aliphatic hydroxyl groups excluding tert-OH is 1. The lowest BCUT2D eigenvalue weighted by atomic mass is 9.88. The Labute approximate surface area is 147 Å². The smallest absolute Gasteiger partial charge is 0.341 e. The molecule has 1 N–H and O–H groups in total. The van der Waals surface area contributed by atoms with E-state index in [4.69, 9.17) is 4.74 Å². The Morgan fingerprint density at radius 2 is 2.13 bits per heavy atom. The fourth-order valence-electron chi connectivity index (χ4n) is 2.90. The van der Waals surface area contributed by atoms with Crippen LogP contribution < -0.4 is 0 Å². The third-order valence-corrected chi connectivity index (χ3v) is 6.02. The van der Waals surface area contributed by atoms with E-state index in [1.165, 1.54) is 16.7 Å². The molecular formula is C14H20BrNO6S. The monoisotopic (exact) mass is 409 g/mol. The maximum atomic E-state index is 12.4. The Morgan fingerprint density at radius 3 is 2.70 bits per heavy atom. The van der Waals surface area contributed by atoms with Crippen molar-refractivity contribution in [1.82, 2.24) is 4.90 Å². The van der Waals surface area contributed by atoms with Crippen molar-refractivity contribution >= 4 is 45.9 Å². The summed E-state index contributed by atoms with van der Waals surface area (Å²) >= 11 is 4.02. The molecule has 1 amide bonds. The summed E-state index contributed by atoms with van der Waals surface area (Å²) in [4.78, 5) is 37.5. The number of unbranched alkanes of at least 4 members (excludes halogenated alkanes) is 1. The largest absolute Gasteiger partial charge is 0.464 e. The molecule has 9 heteroatoms. The van der Waals surface area contributed by atoms with E-state index in [1.807, 2.05) is 20.8 Å². The van der Waals surface area contributed by atoms with Crippen LogP contribution in [0.2, 0.25) is 0 Å². The highest BCUT2D eigenvalue weighted by Crippen LogP contribution is 2.54. The van der Waals surface area contributed by atoms with Crippen molar-refractivity contribution in [2.45, 2.75) is 55.9 Å². The second-order valence-electron chi connectivity index (χ2n) is 6.15. The summed E-state index contributed by atoms with van der Waals surface area (Å²) in [5.41, 5.74) is 0. The molecule has 0 saturated carbocycles. The van der Waals surface area contributed by atoms with E-state index in [0.717, 1.165) is 6.42 Å². The molecule has 0 aromatic heterocycles. The lowest BCUT2D eigenvalue weighted by Gasteiger charge is -2.44. The van der Waals surface area contributed by atoms with Crippen molar-refractivity contribution in [3.63, 3.8) is 0 Å². The third kappa shape index (κ3) is 3.23. The molecule has 0 spiro atoms. The molecule has 0 bridgehead atoms. The van der Waals surface area contributed by atoms with Crippen molar-refractivity contribution in [2.24, 2.45) is 5.92 Å². The lowest BCUT2D eigenvalue weighted by molar-refractivity contribution is -0.176. The lowest BCUT2D eigenvalue weighted by Crippen LogP contribution is -2.66.